The molecule has 168 valence electrons. The largest absolute Gasteiger partial charge is 0.493 e. The average Bonchev–Trinajstić information content (AvgIpc) is 3.49. The molecule has 4 rings (SSSR count). The second-order valence-corrected chi connectivity index (χ2v) is 7.87. The van der Waals surface area contributed by atoms with Crippen molar-refractivity contribution in [3.63, 3.8) is 0 Å². The van der Waals surface area contributed by atoms with E-state index in [0.29, 0.717) is 32.1 Å². The number of para-hydroxylation sites is 1. The molecule has 2 aromatic rings. The highest BCUT2D eigenvalue weighted by Gasteiger charge is 2.27. The molecule has 1 saturated heterocycles. The number of anilines is 1. The number of aromatic nitrogens is 2. The number of carbonyl (C=O) groups excluding carboxylic acids is 1. The van der Waals surface area contributed by atoms with Gasteiger partial charge in [-0.05, 0) is 31.7 Å². The van der Waals surface area contributed by atoms with E-state index in [9.17, 15) is 4.79 Å². The minimum Gasteiger partial charge on any atom is -0.493 e. The van der Waals surface area contributed by atoms with Crippen LogP contribution in [-0.2, 0) is 18.4 Å². The average molecular weight is 538 g/mol. The molecule has 1 amide bonds. The summed E-state index contributed by atoms with van der Waals surface area (Å²) in [5, 5.41) is 7.50. The molecule has 0 unspecified atom stereocenters. The molecule has 31 heavy (non-hydrogen) atoms. The predicted octanol–water partition coefficient (Wildman–Crippen LogP) is 2.64. The normalized spacial score (nSPS) is 16.8. The smallest absolute Gasteiger partial charge is 0.246 e. The van der Waals surface area contributed by atoms with Gasteiger partial charge in [-0.25, -0.2) is 4.99 Å². The highest BCUT2D eigenvalue weighted by atomic mass is 127. The number of piperazine rings is 1. The fraction of sp³-hybridized carbons (Fsp3) is 0.500. The fourth-order valence-electron chi connectivity index (χ4n) is 3.53. The van der Waals surface area contributed by atoms with Crippen LogP contribution in [0.2, 0.25) is 0 Å². The van der Waals surface area contributed by atoms with Crippen LogP contribution in [0.1, 0.15) is 25.3 Å². The Hall–Kier alpha value is -2.30. The summed E-state index contributed by atoms with van der Waals surface area (Å²) in [6.07, 6.45) is 6.13. The molecule has 2 aliphatic rings. The molecule has 1 aliphatic carbocycles. The molecule has 1 N–H and O–H groups in total. The highest BCUT2D eigenvalue weighted by molar-refractivity contribution is 14.0. The number of nitrogens with zero attached hydrogens (tertiary/aromatic N) is 5. The number of rotatable bonds is 7. The highest BCUT2D eigenvalue weighted by Crippen LogP contribution is 2.30. The maximum Gasteiger partial charge on any atom is 0.246 e. The molecule has 0 spiro atoms. The summed E-state index contributed by atoms with van der Waals surface area (Å²) in [4.78, 5) is 21.4. The SMILES string of the molecule is CCNC(=NCc1ccccc1OCC1CC1)N1CCN(c2cnn(C)c2)C(=O)C1.I. The number of hydrogen-bond donors (Lipinski definition) is 1. The molecule has 0 radical (unpaired) electrons. The maximum absolute atomic E-state index is 12.8. The number of hydrogen-bond acceptors (Lipinski definition) is 4. The van der Waals surface area contributed by atoms with E-state index in [1.807, 2.05) is 43.3 Å². The third kappa shape index (κ3) is 6.11. The third-order valence-electron chi connectivity index (χ3n) is 5.40. The van der Waals surface area contributed by atoms with Crippen LogP contribution in [0.5, 0.6) is 5.75 Å². The molecule has 1 saturated carbocycles. The summed E-state index contributed by atoms with van der Waals surface area (Å²) < 4.78 is 7.72. The Labute approximate surface area is 200 Å². The van der Waals surface area contributed by atoms with Gasteiger partial charge in [0, 0.05) is 38.4 Å². The zero-order valence-electron chi connectivity index (χ0n) is 18.2. The van der Waals surface area contributed by atoms with Crippen molar-refractivity contribution < 1.29 is 9.53 Å². The number of aliphatic imine (C=N–C) groups is 1. The van der Waals surface area contributed by atoms with Gasteiger partial charge in [-0.2, -0.15) is 5.10 Å². The molecular weight excluding hydrogens is 507 g/mol. The lowest BCUT2D eigenvalue weighted by Crippen LogP contribution is -2.55. The van der Waals surface area contributed by atoms with E-state index in [1.165, 1.54) is 12.8 Å². The predicted molar refractivity (Wildman–Crippen MR) is 132 cm³/mol. The Morgan fingerprint density at radius 2 is 2.10 bits per heavy atom. The van der Waals surface area contributed by atoms with Gasteiger partial charge in [-0.15, -0.1) is 24.0 Å². The van der Waals surface area contributed by atoms with Crippen molar-refractivity contribution >= 4 is 41.5 Å². The summed E-state index contributed by atoms with van der Waals surface area (Å²) in [6.45, 7) is 5.69. The first-order valence-corrected chi connectivity index (χ1v) is 10.7. The van der Waals surface area contributed by atoms with Gasteiger partial charge in [0.25, 0.3) is 0 Å². The van der Waals surface area contributed by atoms with Crippen LogP contribution in [0.15, 0.2) is 41.7 Å². The molecule has 1 aromatic heterocycles. The molecule has 8 nitrogen and oxygen atoms in total. The van der Waals surface area contributed by atoms with Crippen molar-refractivity contribution in [2.75, 3.05) is 37.7 Å². The second-order valence-electron chi connectivity index (χ2n) is 7.87. The van der Waals surface area contributed by atoms with Crippen LogP contribution in [0.25, 0.3) is 0 Å². The van der Waals surface area contributed by atoms with E-state index in [4.69, 9.17) is 9.73 Å². The second kappa shape index (κ2) is 10.8. The Bertz CT molecular complexity index is 911. The van der Waals surface area contributed by atoms with Crippen molar-refractivity contribution in [3.05, 3.63) is 42.2 Å². The van der Waals surface area contributed by atoms with E-state index in [1.54, 1.807) is 15.8 Å². The van der Waals surface area contributed by atoms with E-state index >= 15 is 0 Å². The van der Waals surface area contributed by atoms with Crippen LogP contribution in [-0.4, -0.2) is 59.3 Å². The van der Waals surface area contributed by atoms with Crippen LogP contribution in [0.3, 0.4) is 0 Å². The zero-order chi connectivity index (χ0) is 20.9. The zero-order valence-corrected chi connectivity index (χ0v) is 20.5. The minimum atomic E-state index is 0. The summed E-state index contributed by atoms with van der Waals surface area (Å²) in [5.74, 6) is 2.42. The lowest BCUT2D eigenvalue weighted by molar-refractivity contribution is -0.120. The molecule has 1 aromatic carbocycles. The van der Waals surface area contributed by atoms with Gasteiger partial charge < -0.3 is 19.9 Å². The van der Waals surface area contributed by atoms with Crippen molar-refractivity contribution in [2.45, 2.75) is 26.3 Å². The van der Waals surface area contributed by atoms with Crippen molar-refractivity contribution in [1.29, 1.82) is 0 Å². The Balaban J connectivity index is 0.00000272. The number of amides is 1. The molecule has 9 heteroatoms. The molecule has 2 heterocycles. The van der Waals surface area contributed by atoms with E-state index in [-0.39, 0.29) is 29.9 Å². The van der Waals surface area contributed by atoms with Crippen molar-refractivity contribution in [2.24, 2.45) is 18.0 Å². The lowest BCUT2D eigenvalue weighted by Gasteiger charge is -2.35. The first-order chi connectivity index (χ1) is 14.6. The molecule has 0 bridgehead atoms. The Morgan fingerprint density at radius 1 is 1.29 bits per heavy atom. The molecule has 1 aliphatic heterocycles. The van der Waals surface area contributed by atoms with Crippen LogP contribution < -0.4 is 15.0 Å². The quantitative estimate of drug-likeness (QED) is 0.334. The van der Waals surface area contributed by atoms with Crippen LogP contribution in [0, 0.1) is 5.92 Å². The lowest BCUT2D eigenvalue weighted by atomic mass is 10.2. The van der Waals surface area contributed by atoms with E-state index in [0.717, 1.165) is 36.1 Å². The number of aryl methyl sites for hydroxylation is 1. The monoisotopic (exact) mass is 538 g/mol. The molecular formula is C22H31IN6O2. The molecule has 2 fully saturated rings. The van der Waals surface area contributed by atoms with Gasteiger partial charge in [-0.3, -0.25) is 9.48 Å². The van der Waals surface area contributed by atoms with Gasteiger partial charge in [0.15, 0.2) is 5.96 Å². The standard InChI is InChI=1S/C22H30N6O2.HI/c1-3-23-22(24-12-18-6-4-5-7-20(18)30-16-17-8-9-17)27-10-11-28(21(29)15-27)19-13-25-26(2)14-19;/h4-7,13-14,17H,3,8-12,15-16H2,1-2H3,(H,23,24);1H. The van der Waals surface area contributed by atoms with Crippen LogP contribution in [0.4, 0.5) is 5.69 Å². The summed E-state index contributed by atoms with van der Waals surface area (Å²) in [7, 11) is 1.85. The Kier molecular flexibility index (Phi) is 8.16. The number of carbonyl (C=O) groups is 1. The third-order valence-corrected chi connectivity index (χ3v) is 5.40. The number of ether oxygens (including phenoxy) is 1. The van der Waals surface area contributed by atoms with E-state index in [2.05, 4.69) is 16.5 Å². The number of guanidine groups is 1. The van der Waals surface area contributed by atoms with Crippen molar-refractivity contribution in [1.82, 2.24) is 20.0 Å². The van der Waals surface area contributed by atoms with Gasteiger partial charge in [0.05, 0.1) is 25.0 Å². The van der Waals surface area contributed by atoms with Crippen LogP contribution >= 0.6 is 24.0 Å². The first-order valence-electron chi connectivity index (χ1n) is 10.7. The number of halogens is 1. The van der Waals surface area contributed by atoms with Gasteiger partial charge in [0.1, 0.15) is 12.3 Å². The summed E-state index contributed by atoms with van der Waals surface area (Å²) in [5.41, 5.74) is 1.90. The van der Waals surface area contributed by atoms with Gasteiger partial charge in [-0.1, -0.05) is 18.2 Å². The van der Waals surface area contributed by atoms with Gasteiger partial charge >= 0.3 is 0 Å². The number of benzene rings is 1. The minimum absolute atomic E-state index is 0. The summed E-state index contributed by atoms with van der Waals surface area (Å²) >= 11 is 0. The summed E-state index contributed by atoms with van der Waals surface area (Å²) in [6, 6.07) is 8.08. The Morgan fingerprint density at radius 3 is 2.77 bits per heavy atom. The van der Waals surface area contributed by atoms with E-state index < -0.39 is 0 Å². The van der Waals surface area contributed by atoms with Gasteiger partial charge in [0.2, 0.25) is 5.91 Å². The first kappa shape index (κ1) is 23.4. The van der Waals surface area contributed by atoms with Crippen molar-refractivity contribution in [3.8, 4) is 5.75 Å². The molecule has 0 atom stereocenters. The topological polar surface area (TPSA) is 75.0 Å². The number of nitrogens with one attached hydrogen (secondary N) is 1. The maximum atomic E-state index is 12.8. The fourth-order valence-corrected chi connectivity index (χ4v) is 3.53.